The van der Waals surface area contributed by atoms with E-state index in [-0.39, 0.29) is 0 Å². The van der Waals surface area contributed by atoms with E-state index >= 15 is 0 Å². The van der Waals surface area contributed by atoms with E-state index in [2.05, 4.69) is 9.88 Å². The predicted octanol–water partition coefficient (Wildman–Crippen LogP) is 3.38. The van der Waals surface area contributed by atoms with Gasteiger partial charge in [-0.25, -0.2) is 9.78 Å². The summed E-state index contributed by atoms with van der Waals surface area (Å²) in [6, 6.07) is 3.69. The highest BCUT2D eigenvalue weighted by atomic mass is 35.5. The SMILES string of the molecule is CCC(C(=O)O)=C1SCCCN1Cc1ccc(Cl)nc1. The van der Waals surface area contributed by atoms with Crippen molar-refractivity contribution in [3.8, 4) is 0 Å². The van der Waals surface area contributed by atoms with Gasteiger partial charge in [-0.15, -0.1) is 11.8 Å². The summed E-state index contributed by atoms with van der Waals surface area (Å²) in [7, 11) is 0. The van der Waals surface area contributed by atoms with Crippen LogP contribution in [0.5, 0.6) is 0 Å². The summed E-state index contributed by atoms with van der Waals surface area (Å²) in [4.78, 5) is 17.5. The minimum absolute atomic E-state index is 0.470. The van der Waals surface area contributed by atoms with Gasteiger partial charge in [-0.3, -0.25) is 0 Å². The number of carboxylic acid groups (broad SMARTS) is 1. The summed E-state index contributed by atoms with van der Waals surface area (Å²) < 4.78 is 0. The maximum atomic E-state index is 11.3. The Morgan fingerprint density at radius 3 is 2.95 bits per heavy atom. The lowest BCUT2D eigenvalue weighted by Gasteiger charge is -2.32. The van der Waals surface area contributed by atoms with Crippen LogP contribution >= 0.6 is 23.4 Å². The van der Waals surface area contributed by atoms with Gasteiger partial charge in [0.1, 0.15) is 5.15 Å². The number of aliphatic carboxylic acids is 1. The monoisotopic (exact) mass is 312 g/mol. The van der Waals surface area contributed by atoms with Crippen molar-refractivity contribution in [2.24, 2.45) is 0 Å². The van der Waals surface area contributed by atoms with Crippen LogP contribution < -0.4 is 0 Å². The number of aromatic nitrogens is 1. The maximum absolute atomic E-state index is 11.3. The highest BCUT2D eigenvalue weighted by Gasteiger charge is 2.22. The molecule has 1 aliphatic rings. The summed E-state index contributed by atoms with van der Waals surface area (Å²) in [6.07, 6.45) is 3.34. The molecule has 1 aromatic rings. The second-order valence-corrected chi connectivity index (χ2v) is 6.03. The van der Waals surface area contributed by atoms with Gasteiger partial charge in [0.2, 0.25) is 0 Å². The van der Waals surface area contributed by atoms with Crippen LogP contribution in [-0.2, 0) is 11.3 Å². The lowest BCUT2D eigenvalue weighted by Crippen LogP contribution is -2.29. The molecule has 4 nitrogen and oxygen atoms in total. The van der Waals surface area contributed by atoms with Crippen LogP contribution in [0.4, 0.5) is 0 Å². The van der Waals surface area contributed by atoms with Gasteiger partial charge in [0, 0.05) is 25.0 Å². The molecule has 1 aliphatic heterocycles. The number of rotatable bonds is 4. The number of hydrogen-bond acceptors (Lipinski definition) is 4. The van der Waals surface area contributed by atoms with Gasteiger partial charge in [-0.1, -0.05) is 24.6 Å². The Morgan fingerprint density at radius 1 is 1.55 bits per heavy atom. The lowest BCUT2D eigenvalue weighted by molar-refractivity contribution is -0.132. The van der Waals surface area contributed by atoms with Crippen molar-refractivity contribution in [3.05, 3.63) is 39.6 Å². The number of halogens is 1. The summed E-state index contributed by atoms with van der Waals surface area (Å²) in [6.45, 7) is 3.43. The first-order valence-electron chi connectivity index (χ1n) is 6.56. The molecule has 0 spiro atoms. The maximum Gasteiger partial charge on any atom is 0.334 e. The number of carbonyl (C=O) groups is 1. The Hall–Kier alpha value is -1.20. The molecule has 2 rings (SSSR count). The van der Waals surface area contributed by atoms with Crippen LogP contribution in [0.1, 0.15) is 25.3 Å². The van der Waals surface area contributed by atoms with Crippen LogP contribution in [0.2, 0.25) is 5.15 Å². The standard InChI is InChI=1S/C14H17ClN2O2S/c1-2-11(14(18)19)13-17(6-3-7-20-13)9-10-4-5-12(15)16-8-10/h4-5,8H,2-3,6-7,9H2,1H3,(H,18,19). The van der Waals surface area contributed by atoms with Crippen LogP contribution in [0.3, 0.4) is 0 Å². The number of nitrogens with zero attached hydrogens (tertiary/aromatic N) is 2. The van der Waals surface area contributed by atoms with Gasteiger partial charge in [-0.05, 0) is 24.5 Å². The van der Waals surface area contributed by atoms with E-state index < -0.39 is 5.97 Å². The normalized spacial score (nSPS) is 18.0. The van der Waals surface area contributed by atoms with Gasteiger partial charge < -0.3 is 10.0 Å². The zero-order chi connectivity index (χ0) is 14.5. The number of carboxylic acids is 1. The largest absolute Gasteiger partial charge is 0.478 e. The van der Waals surface area contributed by atoms with Gasteiger partial charge in [-0.2, -0.15) is 0 Å². The van der Waals surface area contributed by atoms with Gasteiger partial charge >= 0.3 is 5.97 Å². The van der Waals surface area contributed by atoms with Gasteiger partial charge in [0.25, 0.3) is 0 Å². The molecule has 0 amide bonds. The second-order valence-electron chi connectivity index (χ2n) is 4.56. The van der Waals surface area contributed by atoms with Crippen molar-refractivity contribution in [1.82, 2.24) is 9.88 Å². The van der Waals surface area contributed by atoms with E-state index in [1.165, 1.54) is 0 Å². The Kier molecular flexibility index (Phi) is 5.31. The predicted molar refractivity (Wildman–Crippen MR) is 81.7 cm³/mol. The zero-order valence-corrected chi connectivity index (χ0v) is 12.9. The molecule has 108 valence electrons. The molecule has 0 unspecified atom stereocenters. The molecule has 1 fully saturated rings. The summed E-state index contributed by atoms with van der Waals surface area (Å²) in [5, 5.41) is 10.7. The Balaban J connectivity index is 2.23. The third-order valence-electron chi connectivity index (χ3n) is 3.13. The quantitative estimate of drug-likeness (QED) is 0.682. The molecule has 1 N–H and O–H groups in total. The minimum Gasteiger partial charge on any atom is -0.478 e. The molecular formula is C14H17ClN2O2S. The molecule has 0 aliphatic carbocycles. The molecule has 0 bridgehead atoms. The molecule has 1 aromatic heterocycles. The average molecular weight is 313 g/mol. The summed E-state index contributed by atoms with van der Waals surface area (Å²) in [5.74, 6) is 0.151. The van der Waals surface area contributed by atoms with Crippen molar-refractivity contribution in [2.75, 3.05) is 12.3 Å². The van der Waals surface area contributed by atoms with Crippen molar-refractivity contribution in [3.63, 3.8) is 0 Å². The first-order chi connectivity index (χ1) is 9.61. The molecule has 0 saturated carbocycles. The molecule has 0 radical (unpaired) electrons. The second kappa shape index (κ2) is 6.99. The molecule has 0 aromatic carbocycles. The van der Waals surface area contributed by atoms with Crippen molar-refractivity contribution in [2.45, 2.75) is 26.3 Å². The molecular weight excluding hydrogens is 296 g/mol. The fraction of sp³-hybridized carbons (Fsp3) is 0.429. The third-order valence-corrected chi connectivity index (χ3v) is 4.62. The Morgan fingerprint density at radius 2 is 2.35 bits per heavy atom. The first-order valence-corrected chi connectivity index (χ1v) is 7.92. The number of hydrogen-bond donors (Lipinski definition) is 1. The van der Waals surface area contributed by atoms with Crippen LogP contribution in [0, 0.1) is 0 Å². The zero-order valence-electron chi connectivity index (χ0n) is 11.3. The molecule has 1 saturated heterocycles. The van der Waals surface area contributed by atoms with E-state index in [0.29, 0.717) is 23.7 Å². The van der Waals surface area contributed by atoms with E-state index in [9.17, 15) is 9.90 Å². The van der Waals surface area contributed by atoms with Crippen LogP contribution in [-0.4, -0.2) is 33.3 Å². The molecule has 0 atom stereocenters. The van der Waals surface area contributed by atoms with E-state index in [0.717, 1.165) is 29.3 Å². The van der Waals surface area contributed by atoms with E-state index in [1.807, 2.05) is 13.0 Å². The molecule has 6 heteroatoms. The summed E-state index contributed by atoms with van der Waals surface area (Å²) >= 11 is 7.41. The highest BCUT2D eigenvalue weighted by molar-refractivity contribution is 8.03. The minimum atomic E-state index is -0.823. The smallest absolute Gasteiger partial charge is 0.334 e. The van der Waals surface area contributed by atoms with Crippen LogP contribution in [0.25, 0.3) is 0 Å². The number of thioether (sulfide) groups is 1. The lowest BCUT2D eigenvalue weighted by atomic mass is 10.2. The van der Waals surface area contributed by atoms with E-state index in [4.69, 9.17) is 11.6 Å². The number of pyridine rings is 1. The molecule has 2 heterocycles. The topological polar surface area (TPSA) is 53.4 Å². The van der Waals surface area contributed by atoms with Crippen molar-refractivity contribution in [1.29, 1.82) is 0 Å². The molecule has 20 heavy (non-hydrogen) atoms. The third kappa shape index (κ3) is 3.67. The average Bonchev–Trinajstić information content (AvgIpc) is 2.43. The fourth-order valence-electron chi connectivity index (χ4n) is 2.16. The Bertz CT molecular complexity index is 516. The first kappa shape index (κ1) is 15.2. The summed E-state index contributed by atoms with van der Waals surface area (Å²) in [5.41, 5.74) is 1.53. The van der Waals surface area contributed by atoms with Gasteiger partial charge in [0.15, 0.2) is 0 Å². The van der Waals surface area contributed by atoms with Crippen LogP contribution in [0.15, 0.2) is 28.9 Å². The van der Waals surface area contributed by atoms with Crippen molar-refractivity contribution < 1.29 is 9.90 Å². The van der Waals surface area contributed by atoms with E-state index in [1.54, 1.807) is 24.0 Å². The Labute approximate surface area is 127 Å². The highest BCUT2D eigenvalue weighted by Crippen LogP contribution is 2.32. The van der Waals surface area contributed by atoms with Crippen molar-refractivity contribution >= 4 is 29.3 Å². The van der Waals surface area contributed by atoms with Gasteiger partial charge in [0.05, 0.1) is 10.6 Å². The fourth-order valence-corrected chi connectivity index (χ4v) is 3.48.